The number of nitrogens with zero attached hydrogens (tertiary/aromatic N) is 7. The molecule has 39 heavy (non-hydrogen) atoms. The van der Waals surface area contributed by atoms with E-state index in [4.69, 9.17) is 4.74 Å². The van der Waals surface area contributed by atoms with Gasteiger partial charge in [-0.1, -0.05) is 6.08 Å². The van der Waals surface area contributed by atoms with Gasteiger partial charge in [0, 0.05) is 47.7 Å². The number of pyridine rings is 1. The number of carbonyl (C=O) groups is 1. The van der Waals surface area contributed by atoms with Crippen LogP contribution >= 0.6 is 0 Å². The molecule has 0 bridgehead atoms. The number of likely N-dealkylation sites (N-methyl/N-ethyl adjacent to an activating group) is 1. The average molecular weight is 521 g/mol. The van der Waals surface area contributed by atoms with Crippen LogP contribution in [0.4, 0.5) is 17.2 Å². The summed E-state index contributed by atoms with van der Waals surface area (Å²) in [6, 6.07) is 15.4. The highest BCUT2D eigenvalue weighted by atomic mass is 16.5. The van der Waals surface area contributed by atoms with Crippen LogP contribution < -0.4 is 15.0 Å². The quantitative estimate of drug-likeness (QED) is 0.307. The first-order chi connectivity index (χ1) is 18.9. The van der Waals surface area contributed by atoms with Gasteiger partial charge in [-0.2, -0.15) is 5.10 Å². The second-order valence-corrected chi connectivity index (χ2v) is 9.75. The Kier molecular flexibility index (Phi) is 6.37. The van der Waals surface area contributed by atoms with Crippen molar-refractivity contribution >= 4 is 39.6 Å². The van der Waals surface area contributed by atoms with Crippen molar-refractivity contribution < 1.29 is 9.53 Å². The fraction of sp³-hybridized carbons (Fsp3) is 0.207. The van der Waals surface area contributed by atoms with Crippen LogP contribution in [-0.2, 0) is 4.79 Å². The largest absolute Gasteiger partial charge is 0.457 e. The summed E-state index contributed by atoms with van der Waals surface area (Å²) in [6.07, 6.45) is 7.62. The summed E-state index contributed by atoms with van der Waals surface area (Å²) in [5, 5.41) is 8.38. The van der Waals surface area contributed by atoms with Crippen molar-refractivity contribution in [3.05, 3.63) is 84.6 Å². The molecule has 2 aromatic carbocycles. The van der Waals surface area contributed by atoms with E-state index in [9.17, 15) is 4.79 Å². The lowest BCUT2D eigenvalue weighted by molar-refractivity contribution is -0.114. The monoisotopic (exact) mass is 520 g/mol. The summed E-state index contributed by atoms with van der Waals surface area (Å²) in [5.74, 6) is 2.15. The van der Waals surface area contributed by atoms with Crippen molar-refractivity contribution in [1.29, 1.82) is 0 Å². The summed E-state index contributed by atoms with van der Waals surface area (Å²) < 4.78 is 7.79. The first kappa shape index (κ1) is 24.5. The molecule has 1 N–H and O–H groups in total. The first-order valence-electron chi connectivity index (χ1n) is 12.7. The second-order valence-electron chi connectivity index (χ2n) is 9.75. The number of ether oxygens (including phenoxy) is 1. The highest BCUT2D eigenvalue weighted by Gasteiger charge is 2.27. The molecule has 0 saturated carbocycles. The maximum absolute atomic E-state index is 13.1. The highest BCUT2D eigenvalue weighted by Crippen LogP contribution is 2.32. The summed E-state index contributed by atoms with van der Waals surface area (Å²) in [5.41, 5.74) is 5.03. The van der Waals surface area contributed by atoms with Crippen molar-refractivity contribution in [2.45, 2.75) is 13.3 Å². The summed E-state index contributed by atoms with van der Waals surface area (Å²) >= 11 is 0. The van der Waals surface area contributed by atoms with Crippen molar-refractivity contribution in [3.8, 4) is 11.5 Å². The van der Waals surface area contributed by atoms with Crippen molar-refractivity contribution in [2.75, 3.05) is 37.4 Å². The molecule has 5 aromatic rings. The molecule has 6 rings (SSSR count). The van der Waals surface area contributed by atoms with Crippen LogP contribution in [0.2, 0.25) is 0 Å². The molecule has 10 heteroatoms. The van der Waals surface area contributed by atoms with Crippen LogP contribution in [0.1, 0.15) is 12.0 Å². The first-order valence-corrected chi connectivity index (χ1v) is 12.7. The molecular formula is C29H28N8O2. The number of carbonyl (C=O) groups excluding carboxylic acids is 1. The molecule has 196 valence electrons. The zero-order valence-electron chi connectivity index (χ0n) is 22.0. The van der Waals surface area contributed by atoms with Crippen molar-refractivity contribution in [2.24, 2.45) is 0 Å². The minimum absolute atomic E-state index is 0.0527. The number of nitrogens with one attached hydrogen (secondary N) is 1. The van der Waals surface area contributed by atoms with E-state index in [-0.39, 0.29) is 5.91 Å². The predicted octanol–water partition coefficient (Wildman–Crippen LogP) is 4.74. The van der Waals surface area contributed by atoms with Gasteiger partial charge in [0.05, 0.1) is 5.52 Å². The van der Waals surface area contributed by atoms with Crippen molar-refractivity contribution in [1.82, 2.24) is 29.5 Å². The predicted molar refractivity (Wildman–Crippen MR) is 151 cm³/mol. The minimum atomic E-state index is 0.0527. The van der Waals surface area contributed by atoms with Gasteiger partial charge in [-0.25, -0.2) is 19.5 Å². The van der Waals surface area contributed by atoms with Gasteiger partial charge in [-0.15, -0.1) is 0 Å². The van der Waals surface area contributed by atoms with Gasteiger partial charge in [-0.05, 0) is 75.5 Å². The lowest BCUT2D eigenvalue weighted by Crippen LogP contribution is -2.24. The molecule has 1 aliphatic rings. The molecule has 1 saturated heterocycles. The number of rotatable bonds is 7. The van der Waals surface area contributed by atoms with E-state index in [1.165, 1.54) is 6.33 Å². The summed E-state index contributed by atoms with van der Waals surface area (Å²) in [4.78, 5) is 30.1. The van der Waals surface area contributed by atoms with Crippen LogP contribution in [0.15, 0.2) is 79.0 Å². The van der Waals surface area contributed by atoms with Crippen LogP contribution in [0, 0.1) is 6.92 Å². The molecule has 0 aliphatic carbocycles. The maximum atomic E-state index is 13.1. The van der Waals surface area contributed by atoms with Crippen molar-refractivity contribution in [3.63, 3.8) is 0 Å². The molecule has 0 radical (unpaired) electrons. The van der Waals surface area contributed by atoms with Crippen LogP contribution in [0.3, 0.4) is 0 Å². The molecule has 0 unspecified atom stereocenters. The smallest absolute Gasteiger partial charge is 0.253 e. The third-order valence-electron chi connectivity index (χ3n) is 6.68. The lowest BCUT2D eigenvalue weighted by atomic mass is 10.1. The van der Waals surface area contributed by atoms with Gasteiger partial charge >= 0.3 is 0 Å². The number of aryl methyl sites for hydroxylation is 1. The topological polar surface area (TPSA) is 101 Å². The average Bonchev–Trinajstić information content (AvgIpc) is 3.55. The minimum Gasteiger partial charge on any atom is -0.457 e. The van der Waals surface area contributed by atoms with Crippen LogP contribution in [-0.4, -0.2) is 62.6 Å². The van der Waals surface area contributed by atoms with Gasteiger partial charge in [-0.3, -0.25) is 4.79 Å². The molecule has 0 spiro atoms. The fourth-order valence-corrected chi connectivity index (χ4v) is 4.62. The number of hydrogen-bond donors (Lipinski definition) is 1. The molecule has 4 heterocycles. The lowest BCUT2D eigenvalue weighted by Gasteiger charge is -2.17. The highest BCUT2D eigenvalue weighted by molar-refractivity contribution is 6.09. The van der Waals surface area contributed by atoms with E-state index in [1.54, 1.807) is 10.8 Å². The molecule has 1 fully saturated rings. The van der Waals surface area contributed by atoms with E-state index in [0.717, 1.165) is 57.8 Å². The molecule has 10 nitrogen and oxygen atoms in total. The Balaban J connectivity index is 1.23. The number of anilines is 3. The zero-order valence-corrected chi connectivity index (χ0v) is 22.0. The Bertz CT molecular complexity index is 1730. The summed E-state index contributed by atoms with van der Waals surface area (Å²) in [7, 11) is 3.99. The van der Waals surface area contributed by atoms with E-state index in [2.05, 4.69) is 25.4 Å². The zero-order chi connectivity index (χ0) is 26.9. The Labute approximate surface area is 225 Å². The summed E-state index contributed by atoms with van der Waals surface area (Å²) in [6.45, 7) is 3.40. The van der Waals surface area contributed by atoms with Gasteiger partial charge in [0.1, 0.15) is 30.0 Å². The number of aromatic nitrogens is 5. The third kappa shape index (κ3) is 5.01. The van der Waals surface area contributed by atoms with Gasteiger partial charge in [0.2, 0.25) is 0 Å². The van der Waals surface area contributed by atoms with E-state index >= 15 is 0 Å². The SMILES string of the molecule is Cc1cc(Nc2ncnc3ccc(N4CC/C(=C\CN(C)C)C4=O)cc23)ccc1Oc1ccn2ncnc2c1. The van der Waals surface area contributed by atoms with Gasteiger partial charge in [0.25, 0.3) is 5.91 Å². The van der Waals surface area contributed by atoms with Gasteiger partial charge in [0.15, 0.2) is 5.65 Å². The Hall–Kier alpha value is -4.83. The molecule has 1 amide bonds. The number of fused-ring (bicyclic) bond motifs is 2. The molecule has 3 aromatic heterocycles. The Morgan fingerprint density at radius 3 is 2.79 bits per heavy atom. The standard InChI is InChI=1S/C29H28N8O2/c1-19-14-21(4-7-26(19)39-23-10-13-37-27(16-23)31-18-33-37)34-28-24-15-22(5-6-25(24)30-17-32-28)36-12-9-20(29(36)38)8-11-35(2)3/h4-8,10,13-18H,9,11-12H2,1-3H3,(H,30,32,34)/b20-8+. The molecule has 1 aliphatic heterocycles. The van der Waals surface area contributed by atoms with E-state index in [0.29, 0.717) is 18.1 Å². The van der Waals surface area contributed by atoms with Crippen LogP contribution in [0.5, 0.6) is 11.5 Å². The van der Waals surface area contributed by atoms with Gasteiger partial charge < -0.3 is 19.9 Å². The third-order valence-corrected chi connectivity index (χ3v) is 6.68. The van der Waals surface area contributed by atoms with E-state index < -0.39 is 0 Å². The molecule has 0 atom stereocenters. The maximum Gasteiger partial charge on any atom is 0.253 e. The normalized spacial score (nSPS) is 14.7. The number of benzene rings is 2. The van der Waals surface area contributed by atoms with Crippen LogP contribution in [0.25, 0.3) is 16.6 Å². The Morgan fingerprint density at radius 2 is 1.95 bits per heavy atom. The Morgan fingerprint density at radius 1 is 1.05 bits per heavy atom. The number of amides is 1. The second kappa shape index (κ2) is 10.1. The number of hydrogen-bond acceptors (Lipinski definition) is 8. The van der Waals surface area contributed by atoms with E-state index in [1.807, 2.05) is 91.6 Å². The fourth-order valence-electron chi connectivity index (χ4n) is 4.62. The molecular weight excluding hydrogens is 492 g/mol.